The molecular formula is C11H22N2O3S. The van der Waals surface area contributed by atoms with Gasteiger partial charge in [-0.25, -0.2) is 0 Å². The molecule has 2 atom stereocenters. The third-order valence-electron chi connectivity index (χ3n) is 2.73. The van der Waals surface area contributed by atoms with Crippen LogP contribution < -0.4 is 10.6 Å². The molecule has 0 aromatic heterocycles. The number of ether oxygens (including phenoxy) is 1. The Morgan fingerprint density at radius 2 is 2.41 bits per heavy atom. The average molecular weight is 262 g/mol. The molecule has 0 bridgehead atoms. The van der Waals surface area contributed by atoms with Gasteiger partial charge < -0.3 is 20.5 Å². The Balaban J connectivity index is 2.01. The van der Waals surface area contributed by atoms with E-state index in [9.17, 15) is 4.79 Å². The number of hydrogen-bond donors (Lipinski definition) is 3. The highest BCUT2D eigenvalue weighted by atomic mass is 32.2. The van der Waals surface area contributed by atoms with Gasteiger partial charge in [0, 0.05) is 32.6 Å². The van der Waals surface area contributed by atoms with Crippen molar-refractivity contribution in [1.82, 2.24) is 10.6 Å². The number of thioether (sulfide) groups is 1. The summed E-state index contributed by atoms with van der Waals surface area (Å²) in [4.78, 5) is 11.7. The Labute approximate surface area is 107 Å². The minimum absolute atomic E-state index is 0.0623. The average Bonchev–Trinajstić information content (AvgIpc) is 2.82. The van der Waals surface area contributed by atoms with Crippen LogP contribution in [-0.4, -0.2) is 61.5 Å². The topological polar surface area (TPSA) is 70.6 Å². The third kappa shape index (κ3) is 5.72. The zero-order chi connectivity index (χ0) is 12.5. The van der Waals surface area contributed by atoms with Crippen molar-refractivity contribution in [1.29, 1.82) is 0 Å². The van der Waals surface area contributed by atoms with Crippen molar-refractivity contribution < 1.29 is 14.6 Å². The van der Waals surface area contributed by atoms with Crippen LogP contribution in [0.5, 0.6) is 0 Å². The minimum Gasteiger partial charge on any atom is -0.396 e. The van der Waals surface area contributed by atoms with Gasteiger partial charge in [0.05, 0.1) is 12.1 Å². The number of amides is 1. The van der Waals surface area contributed by atoms with Gasteiger partial charge >= 0.3 is 0 Å². The summed E-state index contributed by atoms with van der Waals surface area (Å²) in [6.07, 6.45) is 1.72. The van der Waals surface area contributed by atoms with E-state index in [1.54, 1.807) is 18.9 Å². The smallest absolute Gasteiger partial charge is 0.237 e. The predicted octanol–water partition coefficient (Wildman–Crippen LogP) is -0.405. The second-order valence-electron chi connectivity index (χ2n) is 4.03. The molecule has 0 aromatic carbocycles. The molecule has 0 radical (unpaired) electrons. The molecule has 1 fully saturated rings. The Morgan fingerprint density at radius 1 is 1.59 bits per heavy atom. The minimum atomic E-state index is -0.109. The number of methoxy groups -OCH3 is 1. The van der Waals surface area contributed by atoms with Crippen molar-refractivity contribution in [2.75, 3.05) is 38.3 Å². The van der Waals surface area contributed by atoms with E-state index < -0.39 is 0 Å². The molecule has 17 heavy (non-hydrogen) atoms. The third-order valence-corrected chi connectivity index (χ3v) is 3.80. The maximum absolute atomic E-state index is 11.7. The molecule has 1 aliphatic rings. The number of aliphatic hydroxyl groups is 1. The number of hydrogen-bond acceptors (Lipinski definition) is 5. The first kappa shape index (κ1) is 14.8. The van der Waals surface area contributed by atoms with Gasteiger partial charge in [0.2, 0.25) is 5.91 Å². The molecule has 3 N–H and O–H groups in total. The van der Waals surface area contributed by atoms with Crippen LogP contribution in [0.25, 0.3) is 0 Å². The van der Waals surface area contributed by atoms with Crippen LogP contribution >= 0.6 is 11.8 Å². The first-order valence-electron chi connectivity index (χ1n) is 6.00. The van der Waals surface area contributed by atoms with Gasteiger partial charge in [-0.2, -0.15) is 11.8 Å². The van der Waals surface area contributed by atoms with Gasteiger partial charge in [-0.3, -0.25) is 4.79 Å². The Bertz CT molecular complexity index is 229. The van der Waals surface area contributed by atoms with E-state index in [-0.39, 0.29) is 24.7 Å². The number of rotatable bonds is 8. The van der Waals surface area contributed by atoms with Gasteiger partial charge in [0.25, 0.3) is 0 Å². The van der Waals surface area contributed by atoms with Crippen LogP contribution in [0.4, 0.5) is 0 Å². The lowest BCUT2D eigenvalue weighted by Gasteiger charge is -2.11. The molecule has 0 spiro atoms. The predicted molar refractivity (Wildman–Crippen MR) is 69.2 cm³/mol. The number of aliphatic hydroxyl groups excluding tert-OH is 1. The summed E-state index contributed by atoms with van der Waals surface area (Å²) in [5.41, 5.74) is 0. The van der Waals surface area contributed by atoms with Crippen LogP contribution in [-0.2, 0) is 9.53 Å². The van der Waals surface area contributed by atoms with E-state index in [2.05, 4.69) is 10.6 Å². The maximum atomic E-state index is 11.7. The van der Waals surface area contributed by atoms with E-state index >= 15 is 0 Å². The number of carbonyl (C=O) groups is 1. The fourth-order valence-corrected chi connectivity index (χ4v) is 2.50. The Kier molecular flexibility index (Phi) is 7.59. The monoisotopic (exact) mass is 262 g/mol. The molecule has 0 aromatic rings. The van der Waals surface area contributed by atoms with Gasteiger partial charge in [0.1, 0.15) is 0 Å². The van der Waals surface area contributed by atoms with E-state index in [4.69, 9.17) is 9.84 Å². The summed E-state index contributed by atoms with van der Waals surface area (Å²) in [6, 6.07) is -0.109. The molecule has 5 nitrogen and oxygen atoms in total. The highest BCUT2D eigenvalue weighted by Gasteiger charge is 2.28. The zero-order valence-corrected chi connectivity index (χ0v) is 11.1. The second-order valence-corrected chi connectivity index (χ2v) is 5.26. The van der Waals surface area contributed by atoms with Crippen LogP contribution in [0.1, 0.15) is 12.8 Å². The summed E-state index contributed by atoms with van der Waals surface area (Å²) in [5.74, 6) is 1.90. The van der Waals surface area contributed by atoms with Gasteiger partial charge in [-0.05, 0) is 18.6 Å². The highest BCUT2D eigenvalue weighted by Crippen LogP contribution is 2.09. The Hall–Kier alpha value is -0.300. The highest BCUT2D eigenvalue weighted by molar-refractivity contribution is 7.99. The fourth-order valence-electron chi connectivity index (χ4n) is 1.72. The van der Waals surface area contributed by atoms with Crippen molar-refractivity contribution >= 4 is 17.7 Å². The molecule has 1 rings (SSSR count). The first-order chi connectivity index (χ1) is 8.27. The summed E-state index contributed by atoms with van der Waals surface area (Å²) < 4.78 is 5.19. The van der Waals surface area contributed by atoms with E-state index in [1.807, 2.05) is 0 Å². The normalized spacial score (nSPS) is 23.9. The standard InChI is InChI=1S/C11H22N2O3S/c1-16-9-7-10(13-8-9)11(15)12-3-6-17-5-2-4-14/h9-10,13-14H,2-8H2,1H3,(H,12,15). The van der Waals surface area contributed by atoms with Gasteiger partial charge in [0.15, 0.2) is 0 Å². The maximum Gasteiger partial charge on any atom is 0.237 e. The molecule has 1 heterocycles. The van der Waals surface area contributed by atoms with Crippen molar-refractivity contribution in [2.45, 2.75) is 25.0 Å². The first-order valence-corrected chi connectivity index (χ1v) is 7.16. The van der Waals surface area contributed by atoms with Crippen LogP contribution in [0.2, 0.25) is 0 Å². The molecule has 1 amide bonds. The van der Waals surface area contributed by atoms with Crippen molar-refractivity contribution in [2.24, 2.45) is 0 Å². The molecule has 1 saturated heterocycles. The summed E-state index contributed by atoms with van der Waals surface area (Å²) in [6.45, 7) is 1.67. The summed E-state index contributed by atoms with van der Waals surface area (Å²) in [5, 5.41) is 14.6. The summed E-state index contributed by atoms with van der Waals surface area (Å²) in [7, 11) is 1.67. The van der Waals surface area contributed by atoms with Crippen molar-refractivity contribution in [3.8, 4) is 0 Å². The molecule has 1 aliphatic heterocycles. The van der Waals surface area contributed by atoms with E-state index in [1.165, 1.54) is 0 Å². The quantitative estimate of drug-likeness (QED) is 0.519. The SMILES string of the molecule is COC1CNC(C(=O)NCCSCCCO)C1. The van der Waals surface area contributed by atoms with E-state index in [0.29, 0.717) is 6.54 Å². The van der Waals surface area contributed by atoms with Crippen LogP contribution in [0.3, 0.4) is 0 Å². The lowest BCUT2D eigenvalue weighted by atomic mass is 10.2. The molecular weight excluding hydrogens is 240 g/mol. The van der Waals surface area contributed by atoms with E-state index in [0.717, 1.165) is 30.9 Å². The van der Waals surface area contributed by atoms with Crippen molar-refractivity contribution in [3.05, 3.63) is 0 Å². The number of nitrogens with one attached hydrogen (secondary N) is 2. The molecule has 6 heteroatoms. The zero-order valence-electron chi connectivity index (χ0n) is 10.3. The van der Waals surface area contributed by atoms with Crippen molar-refractivity contribution in [3.63, 3.8) is 0 Å². The van der Waals surface area contributed by atoms with Crippen LogP contribution in [0, 0.1) is 0 Å². The lowest BCUT2D eigenvalue weighted by molar-refractivity contribution is -0.122. The van der Waals surface area contributed by atoms with Gasteiger partial charge in [-0.15, -0.1) is 0 Å². The second kappa shape index (κ2) is 8.74. The molecule has 2 unspecified atom stereocenters. The largest absolute Gasteiger partial charge is 0.396 e. The fraction of sp³-hybridized carbons (Fsp3) is 0.909. The summed E-state index contributed by atoms with van der Waals surface area (Å²) >= 11 is 1.75. The molecule has 100 valence electrons. The molecule has 0 aliphatic carbocycles. The molecule has 0 saturated carbocycles. The lowest BCUT2D eigenvalue weighted by Crippen LogP contribution is -2.41. The van der Waals surface area contributed by atoms with Gasteiger partial charge in [-0.1, -0.05) is 0 Å². The Morgan fingerprint density at radius 3 is 3.06 bits per heavy atom. The number of carbonyl (C=O) groups excluding carboxylic acids is 1. The van der Waals surface area contributed by atoms with Crippen LogP contribution in [0.15, 0.2) is 0 Å².